The van der Waals surface area contributed by atoms with E-state index in [0.29, 0.717) is 43.7 Å². The van der Waals surface area contributed by atoms with Crippen LogP contribution >= 0.6 is 23.4 Å². The molecule has 1 saturated heterocycles. The first-order chi connectivity index (χ1) is 20.8. The predicted octanol–water partition coefficient (Wildman–Crippen LogP) is 6.03. The number of ether oxygens (including phenoxy) is 2. The van der Waals surface area contributed by atoms with Gasteiger partial charge >= 0.3 is 0 Å². The number of aryl methyl sites for hydroxylation is 1. The number of aromatic nitrogens is 4. The van der Waals surface area contributed by atoms with Crippen LogP contribution in [0.15, 0.2) is 51.3 Å². The van der Waals surface area contributed by atoms with Crippen LogP contribution in [-0.2, 0) is 19.3 Å². The van der Waals surface area contributed by atoms with Gasteiger partial charge in [-0.2, -0.15) is 5.10 Å². The second kappa shape index (κ2) is 12.5. The van der Waals surface area contributed by atoms with Crippen LogP contribution in [0, 0.1) is 24.4 Å². The number of hydrogen-bond acceptors (Lipinski definition) is 10. The highest BCUT2D eigenvalue weighted by molar-refractivity contribution is 7.99. The van der Waals surface area contributed by atoms with Crippen molar-refractivity contribution in [1.82, 2.24) is 20.2 Å². The second-order valence-electron chi connectivity index (χ2n) is 10.3. The van der Waals surface area contributed by atoms with Gasteiger partial charge in [-0.3, -0.25) is 5.10 Å². The highest BCUT2D eigenvalue weighted by atomic mass is 35.5. The van der Waals surface area contributed by atoms with Crippen LogP contribution in [0.2, 0.25) is 5.02 Å². The van der Waals surface area contributed by atoms with Crippen molar-refractivity contribution in [2.75, 3.05) is 43.6 Å². The summed E-state index contributed by atoms with van der Waals surface area (Å²) in [5.74, 6) is -1.28. The first kappa shape index (κ1) is 31.9. The molecule has 0 amide bonds. The van der Waals surface area contributed by atoms with E-state index in [9.17, 15) is 17.2 Å². The third-order valence-corrected chi connectivity index (χ3v) is 10.7. The van der Waals surface area contributed by atoms with E-state index in [2.05, 4.69) is 25.5 Å². The van der Waals surface area contributed by atoms with Crippen LogP contribution in [0.5, 0.6) is 5.75 Å². The Labute approximate surface area is 261 Å². The molecule has 2 aromatic carbocycles. The zero-order valence-electron chi connectivity index (χ0n) is 24.0. The van der Waals surface area contributed by atoms with E-state index in [1.54, 1.807) is 6.07 Å². The highest BCUT2D eigenvalue weighted by Crippen LogP contribution is 2.41. The van der Waals surface area contributed by atoms with Crippen molar-refractivity contribution in [3.8, 4) is 5.75 Å². The summed E-state index contributed by atoms with van der Waals surface area (Å²) in [7, 11) is -2.94. The number of nitrogens with one attached hydrogen (secondary N) is 2. The monoisotopic (exact) mass is 668 g/mol. The van der Waals surface area contributed by atoms with E-state index in [1.807, 2.05) is 11.8 Å². The Balaban J connectivity index is 1.51. The Morgan fingerprint density at radius 1 is 1.11 bits per heavy atom. The molecule has 0 saturated carbocycles. The van der Waals surface area contributed by atoms with E-state index in [4.69, 9.17) is 21.1 Å². The van der Waals surface area contributed by atoms with Gasteiger partial charge in [0.15, 0.2) is 32.4 Å². The Bertz CT molecular complexity index is 1820. The fourth-order valence-corrected chi connectivity index (χ4v) is 7.09. The Morgan fingerprint density at radius 3 is 2.48 bits per heavy atom. The average Bonchev–Trinajstić information content (AvgIpc) is 3.40. The Hall–Kier alpha value is -3.53. The fraction of sp³-hybridized carbons (Fsp3) is 0.321. The fourth-order valence-electron chi connectivity index (χ4n) is 4.59. The smallest absolute Gasteiger partial charge is 0.204 e. The molecule has 44 heavy (non-hydrogen) atoms. The number of anilines is 3. The molecule has 1 aliphatic heterocycles. The number of methoxy groups -OCH3 is 1. The number of aromatic amines is 1. The van der Waals surface area contributed by atoms with Gasteiger partial charge in [-0.15, -0.1) is 0 Å². The second-order valence-corrected chi connectivity index (χ2v) is 14.2. The van der Waals surface area contributed by atoms with Gasteiger partial charge in [0, 0.05) is 30.4 Å². The number of hydrogen-bond donors (Lipinski definition) is 2. The number of H-pyrrole nitrogens is 1. The predicted molar refractivity (Wildman–Crippen MR) is 160 cm³/mol. The number of nitrogens with zero attached hydrogens (tertiary/aromatic N) is 4. The van der Waals surface area contributed by atoms with Crippen LogP contribution < -0.4 is 15.0 Å². The first-order valence-electron chi connectivity index (χ1n) is 13.3. The van der Waals surface area contributed by atoms with Crippen molar-refractivity contribution < 1.29 is 31.1 Å². The molecule has 2 aromatic heterocycles. The molecule has 16 heteroatoms. The Kier molecular flexibility index (Phi) is 9.03. The lowest BCUT2D eigenvalue weighted by molar-refractivity contribution is 0.122. The van der Waals surface area contributed by atoms with Crippen molar-refractivity contribution in [2.45, 2.75) is 40.5 Å². The maximum absolute atomic E-state index is 15.5. The summed E-state index contributed by atoms with van der Waals surface area (Å²) in [5.41, 5.74) is 0.336. The molecule has 10 nitrogen and oxygen atoms in total. The lowest BCUT2D eigenvalue weighted by Crippen LogP contribution is -2.37. The molecule has 234 valence electrons. The molecular formula is C28H28ClF3N6O4S2. The van der Waals surface area contributed by atoms with Crippen LogP contribution in [0.1, 0.15) is 25.1 Å². The van der Waals surface area contributed by atoms with Crippen molar-refractivity contribution in [2.24, 2.45) is 0 Å². The van der Waals surface area contributed by atoms with Gasteiger partial charge in [-0.1, -0.05) is 11.6 Å². The van der Waals surface area contributed by atoms with Crippen molar-refractivity contribution in [3.05, 3.63) is 70.1 Å². The maximum atomic E-state index is 15.5. The minimum absolute atomic E-state index is 0.0291. The van der Waals surface area contributed by atoms with Crippen LogP contribution in [0.4, 0.5) is 30.6 Å². The molecule has 1 aliphatic rings. The number of morpholine rings is 1. The third kappa shape index (κ3) is 6.18. The number of benzene rings is 2. The quantitative estimate of drug-likeness (QED) is 0.162. The molecule has 0 radical (unpaired) electrons. The summed E-state index contributed by atoms with van der Waals surface area (Å²) >= 11 is 6.64. The molecule has 2 N–H and O–H groups in total. The van der Waals surface area contributed by atoms with E-state index in [1.165, 1.54) is 33.1 Å². The van der Waals surface area contributed by atoms with E-state index >= 15 is 4.39 Å². The standard InChI is InChI=1S/C28H28ClF3N6O4S2/c1-15-11-22(37-36-15)33-25-24(41-4)26(38-7-9-42-10-8-38)35-27(34-25)43-21-6-5-17(14-20(21)31)44(39,40)28(2,3)18-12-16(30)13-19(29)23(18)32/h5-6,11-14H,7-10H2,1-4H3,(H2,33,34,35,36,37). The molecule has 0 unspecified atom stereocenters. The van der Waals surface area contributed by atoms with Crippen molar-refractivity contribution >= 4 is 50.7 Å². The molecule has 3 heterocycles. The lowest BCUT2D eigenvalue weighted by atomic mass is 10.0. The summed E-state index contributed by atoms with van der Waals surface area (Å²) < 4.78 is 80.7. The maximum Gasteiger partial charge on any atom is 0.204 e. The number of halogens is 4. The molecule has 0 atom stereocenters. The van der Waals surface area contributed by atoms with E-state index < -0.39 is 47.5 Å². The van der Waals surface area contributed by atoms with Gasteiger partial charge in [0.25, 0.3) is 0 Å². The van der Waals surface area contributed by atoms with Gasteiger partial charge < -0.3 is 19.7 Å². The van der Waals surface area contributed by atoms with E-state index in [-0.39, 0.29) is 15.9 Å². The van der Waals surface area contributed by atoms with Gasteiger partial charge in [0.2, 0.25) is 5.75 Å². The summed E-state index contributed by atoms with van der Waals surface area (Å²) in [6.07, 6.45) is 0. The average molecular weight is 669 g/mol. The first-order valence-corrected chi connectivity index (χ1v) is 15.9. The van der Waals surface area contributed by atoms with Crippen molar-refractivity contribution in [1.29, 1.82) is 0 Å². The molecule has 5 rings (SSSR count). The Morgan fingerprint density at radius 2 is 1.84 bits per heavy atom. The largest absolute Gasteiger partial charge is 0.490 e. The minimum Gasteiger partial charge on any atom is -0.490 e. The van der Waals surface area contributed by atoms with Crippen molar-refractivity contribution in [3.63, 3.8) is 0 Å². The lowest BCUT2D eigenvalue weighted by Gasteiger charge is -2.29. The topological polar surface area (TPSA) is 122 Å². The summed E-state index contributed by atoms with van der Waals surface area (Å²) in [6.45, 7) is 6.26. The third-order valence-electron chi connectivity index (χ3n) is 7.02. The number of rotatable bonds is 9. The summed E-state index contributed by atoms with van der Waals surface area (Å²) in [5, 5.41) is 9.72. The van der Waals surface area contributed by atoms with Gasteiger partial charge in [-0.25, -0.2) is 31.6 Å². The van der Waals surface area contributed by atoms with Crippen LogP contribution in [-0.4, -0.2) is 62.0 Å². The zero-order chi connectivity index (χ0) is 31.8. The number of sulfone groups is 1. The van der Waals surface area contributed by atoms with Crippen LogP contribution in [0.25, 0.3) is 0 Å². The van der Waals surface area contributed by atoms with Crippen LogP contribution in [0.3, 0.4) is 0 Å². The minimum atomic E-state index is -4.43. The highest BCUT2D eigenvalue weighted by Gasteiger charge is 2.41. The van der Waals surface area contributed by atoms with Gasteiger partial charge in [-0.05, 0) is 62.9 Å². The SMILES string of the molecule is COc1c(Nc2cc(C)[nH]n2)nc(Sc2ccc(S(=O)(=O)C(C)(C)c3cc(F)cc(Cl)c3F)cc2F)nc1N1CCOCC1. The van der Waals surface area contributed by atoms with Gasteiger partial charge in [0.05, 0.1) is 39.9 Å². The molecular weight excluding hydrogens is 641 g/mol. The molecule has 0 aliphatic carbocycles. The normalized spacial score (nSPS) is 14.1. The summed E-state index contributed by atoms with van der Waals surface area (Å²) in [6, 6.07) is 6.58. The zero-order valence-corrected chi connectivity index (χ0v) is 26.4. The molecule has 1 fully saturated rings. The molecule has 0 bridgehead atoms. The molecule has 0 spiro atoms. The van der Waals surface area contributed by atoms with E-state index in [0.717, 1.165) is 35.7 Å². The summed E-state index contributed by atoms with van der Waals surface area (Å²) in [4.78, 5) is 10.7. The van der Waals surface area contributed by atoms with Gasteiger partial charge in [0.1, 0.15) is 17.5 Å². The molecule has 4 aromatic rings.